The highest BCUT2D eigenvalue weighted by Gasteiger charge is 2.51. The lowest BCUT2D eigenvalue weighted by Gasteiger charge is -2.46. The lowest BCUT2D eigenvalue weighted by molar-refractivity contribution is -0.359. The molecule has 1 amide bonds. The fourth-order valence-corrected chi connectivity index (χ4v) is 13.5. The van der Waals surface area contributed by atoms with Crippen molar-refractivity contribution in [3.8, 4) is 0 Å². The minimum absolute atomic E-state index is 0.215. The number of unbranched alkanes of at least 4 members (excludes halogenated alkanes) is 38. The molecular formula is C90H157NO13. The summed E-state index contributed by atoms with van der Waals surface area (Å²) in [6.07, 6.45) is 89.5. The number of allylic oxidation sites excluding steroid dienone is 20. The molecule has 2 aliphatic rings. The molecule has 600 valence electrons. The van der Waals surface area contributed by atoms with E-state index >= 15 is 0 Å². The van der Waals surface area contributed by atoms with Crippen LogP contribution in [0.3, 0.4) is 0 Å². The molecule has 9 N–H and O–H groups in total. The van der Waals surface area contributed by atoms with Gasteiger partial charge in [0.25, 0.3) is 0 Å². The second-order valence-electron chi connectivity index (χ2n) is 29.6. The molecule has 104 heavy (non-hydrogen) atoms. The van der Waals surface area contributed by atoms with E-state index in [4.69, 9.17) is 18.9 Å². The highest BCUT2D eigenvalue weighted by atomic mass is 16.7. The van der Waals surface area contributed by atoms with Gasteiger partial charge in [0.1, 0.15) is 48.8 Å². The van der Waals surface area contributed by atoms with Crippen LogP contribution in [0.1, 0.15) is 348 Å². The quantitative estimate of drug-likeness (QED) is 0.0204. The Hall–Kier alpha value is -3.61. The number of aliphatic hydroxyl groups excluding tert-OH is 8. The van der Waals surface area contributed by atoms with Crippen LogP contribution in [-0.2, 0) is 23.7 Å². The van der Waals surface area contributed by atoms with Crippen molar-refractivity contribution in [2.45, 2.75) is 421 Å². The molecule has 14 heteroatoms. The molecule has 0 aliphatic carbocycles. The van der Waals surface area contributed by atoms with Crippen LogP contribution < -0.4 is 5.32 Å². The first kappa shape index (κ1) is 96.5. The van der Waals surface area contributed by atoms with Gasteiger partial charge in [0.2, 0.25) is 5.91 Å². The molecule has 2 rings (SSSR count). The number of hydrogen-bond donors (Lipinski definition) is 9. The Kier molecular flexibility index (Phi) is 67.0. The van der Waals surface area contributed by atoms with E-state index in [2.05, 4.69) is 141 Å². The zero-order valence-electron chi connectivity index (χ0n) is 66.0. The van der Waals surface area contributed by atoms with Crippen molar-refractivity contribution in [1.82, 2.24) is 5.32 Å². The number of aliphatic hydroxyl groups is 8. The fourth-order valence-electron chi connectivity index (χ4n) is 13.5. The smallest absolute Gasteiger partial charge is 0.220 e. The Bertz CT molecular complexity index is 2220. The number of amides is 1. The van der Waals surface area contributed by atoms with E-state index in [0.717, 1.165) is 122 Å². The molecule has 0 aromatic carbocycles. The maximum Gasteiger partial charge on any atom is 0.220 e. The van der Waals surface area contributed by atoms with Gasteiger partial charge in [-0.1, -0.05) is 373 Å². The van der Waals surface area contributed by atoms with Crippen LogP contribution in [0.4, 0.5) is 0 Å². The predicted molar refractivity (Wildman–Crippen MR) is 433 cm³/mol. The standard InChI is InChI=1S/C90H157NO13/c1-3-5-7-9-11-13-15-17-19-21-23-25-27-29-31-33-35-36-37-38-39-40-41-42-44-46-48-50-52-54-56-58-60-62-64-66-68-70-72-74-82(95)91-78(77-101-89-87(100)85(98)88(81(76-93)103-89)104-90-86(99)84(97)83(96)80(75-92)102-90)79(94)73-71-69-67-65-63-61-59-57-55-53-51-49-47-45-43-34-32-30-28-26-24-22-20-18-16-14-12-10-8-6-4-2/h5,7,11,13,17,19,23,25,29,31,35-36,38-39,41-42,46,48,52,54,78-81,83-90,92-94,96-100H,3-4,6,8-10,12,14-16,18,20-22,24,26-28,30,32-34,37,40,43-45,47,49-51,53,55-77H2,1-2H3,(H,91,95)/b7-5-,13-11-,19-17-,25-23-,31-29-,36-35-,39-38-,42-41-,48-46-,54-52-. The first-order chi connectivity index (χ1) is 51.1. The second-order valence-corrected chi connectivity index (χ2v) is 29.6. The minimum atomic E-state index is -1.79. The number of carbonyl (C=O) groups excluding carboxylic acids is 1. The second kappa shape index (κ2) is 72.3. The van der Waals surface area contributed by atoms with Gasteiger partial charge in [-0.25, -0.2) is 0 Å². The highest BCUT2D eigenvalue weighted by molar-refractivity contribution is 5.76. The van der Waals surface area contributed by atoms with Crippen molar-refractivity contribution in [3.05, 3.63) is 122 Å². The molecule has 0 bridgehead atoms. The largest absolute Gasteiger partial charge is 0.394 e. The summed E-state index contributed by atoms with van der Waals surface area (Å²) >= 11 is 0. The van der Waals surface area contributed by atoms with Crippen molar-refractivity contribution in [3.63, 3.8) is 0 Å². The number of hydrogen-bond acceptors (Lipinski definition) is 13. The van der Waals surface area contributed by atoms with Crippen molar-refractivity contribution in [1.29, 1.82) is 0 Å². The number of ether oxygens (including phenoxy) is 4. The number of carbonyl (C=O) groups is 1. The lowest BCUT2D eigenvalue weighted by atomic mass is 9.97. The van der Waals surface area contributed by atoms with E-state index in [0.29, 0.717) is 12.8 Å². The molecule has 0 aromatic rings. The zero-order valence-corrected chi connectivity index (χ0v) is 66.0. The van der Waals surface area contributed by atoms with E-state index in [9.17, 15) is 45.6 Å². The first-order valence-corrected chi connectivity index (χ1v) is 42.8. The van der Waals surface area contributed by atoms with Crippen molar-refractivity contribution < 1.29 is 64.6 Å². The molecule has 12 unspecified atom stereocenters. The summed E-state index contributed by atoms with van der Waals surface area (Å²) in [7, 11) is 0. The van der Waals surface area contributed by atoms with Crippen molar-refractivity contribution in [2.24, 2.45) is 0 Å². The van der Waals surface area contributed by atoms with Crippen LogP contribution in [0.5, 0.6) is 0 Å². The van der Waals surface area contributed by atoms with Crippen LogP contribution in [0, 0.1) is 0 Å². The fraction of sp³-hybridized carbons (Fsp3) is 0.767. The van der Waals surface area contributed by atoms with Gasteiger partial charge in [-0.2, -0.15) is 0 Å². The van der Waals surface area contributed by atoms with Gasteiger partial charge in [0.05, 0.1) is 32.0 Å². The predicted octanol–water partition coefficient (Wildman–Crippen LogP) is 20.4. The minimum Gasteiger partial charge on any atom is -0.394 e. The van der Waals surface area contributed by atoms with Crippen LogP contribution in [0.25, 0.3) is 0 Å². The maximum absolute atomic E-state index is 13.4. The monoisotopic (exact) mass is 1460 g/mol. The molecule has 0 saturated carbocycles. The van der Waals surface area contributed by atoms with Crippen LogP contribution in [0.15, 0.2) is 122 Å². The Morgan fingerprint density at radius 3 is 1.02 bits per heavy atom. The molecule has 2 saturated heterocycles. The Morgan fingerprint density at radius 1 is 0.356 bits per heavy atom. The van der Waals surface area contributed by atoms with Gasteiger partial charge >= 0.3 is 0 Å². The van der Waals surface area contributed by atoms with Gasteiger partial charge in [-0.15, -0.1) is 0 Å². The van der Waals surface area contributed by atoms with Gasteiger partial charge in [0, 0.05) is 6.42 Å². The Morgan fingerprint density at radius 2 is 0.663 bits per heavy atom. The molecule has 14 nitrogen and oxygen atoms in total. The Labute approximate surface area is 635 Å². The molecular weight excluding hydrogens is 1300 g/mol. The van der Waals surface area contributed by atoms with Gasteiger partial charge in [-0.05, 0) is 89.9 Å². The summed E-state index contributed by atoms with van der Waals surface area (Å²) in [4.78, 5) is 13.4. The van der Waals surface area contributed by atoms with Crippen LogP contribution in [-0.4, -0.2) is 140 Å². The summed E-state index contributed by atoms with van der Waals surface area (Å²) in [5.41, 5.74) is 0. The van der Waals surface area contributed by atoms with Crippen molar-refractivity contribution in [2.75, 3.05) is 19.8 Å². The molecule has 0 spiro atoms. The van der Waals surface area contributed by atoms with Gasteiger partial charge in [-0.3, -0.25) is 4.79 Å². The maximum atomic E-state index is 13.4. The average Bonchev–Trinajstić information content (AvgIpc) is 0.791. The van der Waals surface area contributed by atoms with E-state index in [1.54, 1.807) is 0 Å². The Balaban J connectivity index is 1.61. The lowest BCUT2D eigenvalue weighted by Crippen LogP contribution is -2.65. The SMILES string of the molecule is CC/C=C\C/C=C\C/C=C\C/C=C\C/C=C\C/C=C\C/C=C\C/C=C\C/C=C\C/C=C\CCCCCCCCCCC(=O)NC(COC1OC(CO)C(OC2OC(CO)C(O)C(O)C2O)C(O)C1O)C(O)CCCCCCCCCCCCCCCCCCCCCCCCCCCCCCCCC. The van der Waals surface area contributed by atoms with Crippen LogP contribution >= 0.6 is 0 Å². The molecule has 2 fully saturated rings. The van der Waals surface area contributed by atoms with E-state index in [1.807, 2.05) is 0 Å². The molecule has 0 radical (unpaired) electrons. The first-order valence-electron chi connectivity index (χ1n) is 42.8. The molecule has 12 atom stereocenters. The summed E-state index contributed by atoms with van der Waals surface area (Å²) < 4.78 is 23.0. The van der Waals surface area contributed by atoms with E-state index in [1.165, 1.54) is 193 Å². The molecule has 2 heterocycles. The van der Waals surface area contributed by atoms with Gasteiger partial charge in [0.15, 0.2) is 12.6 Å². The topological polar surface area (TPSA) is 228 Å². The summed E-state index contributed by atoms with van der Waals surface area (Å²) in [5.74, 6) is -0.215. The van der Waals surface area contributed by atoms with Crippen LogP contribution in [0.2, 0.25) is 0 Å². The highest BCUT2D eigenvalue weighted by Crippen LogP contribution is 2.30. The normalized spacial score (nSPS) is 22.1. The van der Waals surface area contributed by atoms with E-state index in [-0.39, 0.29) is 18.9 Å². The third kappa shape index (κ3) is 54.1. The summed E-state index contributed by atoms with van der Waals surface area (Å²) in [6.45, 7) is 2.78. The number of nitrogens with one attached hydrogen (secondary N) is 1. The number of rotatable bonds is 71. The van der Waals surface area contributed by atoms with Gasteiger partial charge < -0.3 is 65.1 Å². The third-order valence-electron chi connectivity index (χ3n) is 20.2. The zero-order chi connectivity index (χ0) is 75.1. The van der Waals surface area contributed by atoms with Crippen molar-refractivity contribution >= 4 is 5.91 Å². The summed E-state index contributed by atoms with van der Waals surface area (Å²) in [6, 6.07) is -0.844. The molecule has 2 aliphatic heterocycles. The average molecular weight is 1460 g/mol. The third-order valence-corrected chi connectivity index (χ3v) is 20.2. The summed E-state index contributed by atoms with van der Waals surface area (Å²) in [5, 5.41) is 88.0. The molecule has 0 aromatic heterocycles. The van der Waals surface area contributed by atoms with E-state index < -0.39 is 86.8 Å².